The predicted molar refractivity (Wildman–Crippen MR) is 126 cm³/mol. The van der Waals surface area contributed by atoms with Gasteiger partial charge in [0.25, 0.3) is 0 Å². The van der Waals surface area contributed by atoms with E-state index in [0.29, 0.717) is 12.5 Å². The minimum absolute atomic E-state index is 0.130. The summed E-state index contributed by atoms with van der Waals surface area (Å²) in [5.74, 6) is 0.644. The van der Waals surface area contributed by atoms with Crippen LogP contribution >= 0.6 is 11.3 Å². The van der Waals surface area contributed by atoms with Crippen molar-refractivity contribution in [1.82, 2.24) is 4.90 Å². The molecule has 1 aromatic carbocycles. The fourth-order valence-corrected chi connectivity index (χ4v) is 4.99. The third-order valence-corrected chi connectivity index (χ3v) is 6.74. The quantitative estimate of drug-likeness (QED) is 0.243. The van der Waals surface area contributed by atoms with Crippen LogP contribution in [0.1, 0.15) is 62.0 Å². The maximum Gasteiger partial charge on any atom is 0.311 e. The second kappa shape index (κ2) is 12.1. The highest BCUT2D eigenvalue weighted by atomic mass is 32.1. The van der Waals surface area contributed by atoms with E-state index in [1.54, 1.807) is 0 Å². The highest BCUT2D eigenvalue weighted by molar-refractivity contribution is 7.09. The molecule has 30 heavy (non-hydrogen) atoms. The Morgan fingerprint density at radius 3 is 2.87 bits per heavy atom. The van der Waals surface area contributed by atoms with Crippen LogP contribution in [-0.4, -0.2) is 30.0 Å². The first-order chi connectivity index (χ1) is 14.7. The Bertz CT molecular complexity index is 812. The van der Waals surface area contributed by atoms with Crippen molar-refractivity contribution in [3.05, 3.63) is 63.9 Å². The molecule has 1 unspecified atom stereocenters. The third-order valence-electron chi connectivity index (χ3n) is 5.81. The summed E-state index contributed by atoms with van der Waals surface area (Å²) in [4.78, 5) is 16.4. The number of carbonyl (C=O) groups is 1. The van der Waals surface area contributed by atoms with Crippen LogP contribution in [0.25, 0.3) is 0 Å². The molecular formula is C26H35NO2S. The van der Waals surface area contributed by atoms with Gasteiger partial charge in [0.1, 0.15) is 5.75 Å². The van der Waals surface area contributed by atoms with Crippen molar-refractivity contribution in [1.29, 1.82) is 0 Å². The van der Waals surface area contributed by atoms with E-state index in [1.165, 1.54) is 22.4 Å². The van der Waals surface area contributed by atoms with E-state index in [2.05, 4.69) is 54.5 Å². The number of ether oxygens (including phenoxy) is 1. The Hall–Kier alpha value is -1.91. The summed E-state index contributed by atoms with van der Waals surface area (Å²) in [5, 5.41) is 2.17. The Kier molecular flexibility index (Phi) is 9.16. The molecule has 1 heterocycles. The van der Waals surface area contributed by atoms with Crippen LogP contribution in [0.15, 0.2) is 47.9 Å². The number of hydrogen-bond acceptors (Lipinski definition) is 4. The maximum absolute atomic E-state index is 12.3. The molecule has 0 spiro atoms. The number of esters is 1. The summed E-state index contributed by atoms with van der Waals surface area (Å²) in [7, 11) is 0. The Labute approximate surface area is 185 Å². The van der Waals surface area contributed by atoms with Gasteiger partial charge in [-0.1, -0.05) is 44.2 Å². The summed E-state index contributed by atoms with van der Waals surface area (Å²) in [6, 6.07) is 11.2. The van der Waals surface area contributed by atoms with Crippen molar-refractivity contribution in [2.75, 3.05) is 13.1 Å². The van der Waals surface area contributed by atoms with E-state index < -0.39 is 0 Å². The lowest BCUT2D eigenvalue weighted by atomic mass is 9.86. The van der Waals surface area contributed by atoms with E-state index in [-0.39, 0.29) is 5.97 Å². The lowest BCUT2D eigenvalue weighted by Gasteiger charge is -2.35. The zero-order valence-electron chi connectivity index (χ0n) is 18.4. The molecule has 162 valence electrons. The number of hydrogen-bond donors (Lipinski definition) is 0. The molecule has 3 nitrogen and oxygen atoms in total. The van der Waals surface area contributed by atoms with Crippen molar-refractivity contribution in [3.63, 3.8) is 0 Å². The second-order valence-electron chi connectivity index (χ2n) is 8.05. The van der Waals surface area contributed by atoms with Gasteiger partial charge < -0.3 is 4.74 Å². The lowest BCUT2D eigenvalue weighted by Crippen LogP contribution is -2.41. The van der Waals surface area contributed by atoms with Crippen LogP contribution in [0.5, 0.6) is 5.75 Å². The fraction of sp³-hybridized carbons (Fsp3) is 0.500. The molecule has 0 bridgehead atoms. The van der Waals surface area contributed by atoms with Gasteiger partial charge in [-0.15, -0.1) is 11.3 Å². The third kappa shape index (κ3) is 6.55. The molecular weight excluding hydrogens is 390 g/mol. The van der Waals surface area contributed by atoms with Crippen molar-refractivity contribution in [3.8, 4) is 5.75 Å². The molecule has 0 N–H and O–H groups in total. The summed E-state index contributed by atoms with van der Waals surface area (Å²) in [5.41, 5.74) is 2.58. The number of thiophene rings is 1. The topological polar surface area (TPSA) is 29.5 Å². The second-order valence-corrected chi connectivity index (χ2v) is 9.08. The fourth-order valence-electron chi connectivity index (χ4n) is 4.29. The van der Waals surface area contributed by atoms with Crippen LogP contribution in [0.3, 0.4) is 0 Å². The zero-order valence-corrected chi connectivity index (χ0v) is 19.3. The number of allylic oxidation sites excluding steroid dienone is 2. The van der Waals surface area contributed by atoms with Crippen molar-refractivity contribution >= 4 is 17.3 Å². The molecule has 1 aliphatic carbocycles. The van der Waals surface area contributed by atoms with Gasteiger partial charge >= 0.3 is 5.97 Å². The van der Waals surface area contributed by atoms with Crippen LogP contribution in [-0.2, 0) is 24.1 Å². The molecule has 0 amide bonds. The van der Waals surface area contributed by atoms with Gasteiger partial charge in [0, 0.05) is 23.9 Å². The van der Waals surface area contributed by atoms with Crippen molar-refractivity contribution in [2.24, 2.45) is 0 Å². The van der Waals surface area contributed by atoms with Crippen LogP contribution in [0.4, 0.5) is 0 Å². The minimum Gasteiger partial charge on any atom is -0.426 e. The smallest absolute Gasteiger partial charge is 0.311 e. The number of nitrogens with zero attached hydrogens (tertiary/aromatic N) is 1. The normalized spacial score (nSPS) is 16.2. The first kappa shape index (κ1) is 22.8. The van der Waals surface area contributed by atoms with E-state index in [0.717, 1.165) is 57.4 Å². The van der Waals surface area contributed by atoms with Gasteiger partial charge in [-0.2, -0.15) is 0 Å². The highest BCUT2D eigenvalue weighted by Gasteiger charge is 2.26. The summed E-state index contributed by atoms with van der Waals surface area (Å²) >= 11 is 1.85. The van der Waals surface area contributed by atoms with Gasteiger partial charge in [0.2, 0.25) is 0 Å². The van der Waals surface area contributed by atoms with Crippen LogP contribution in [0.2, 0.25) is 0 Å². The van der Waals surface area contributed by atoms with Gasteiger partial charge in [-0.3, -0.25) is 9.69 Å². The van der Waals surface area contributed by atoms with E-state index in [4.69, 9.17) is 4.74 Å². The molecule has 0 fully saturated rings. The van der Waals surface area contributed by atoms with Gasteiger partial charge in [0.15, 0.2) is 0 Å². The lowest BCUT2D eigenvalue weighted by molar-refractivity contribution is -0.134. The number of fused-ring (bicyclic) bond motifs is 1. The molecule has 1 aliphatic rings. The number of carbonyl (C=O) groups excluding carboxylic acids is 1. The average Bonchev–Trinajstić information content (AvgIpc) is 3.28. The molecule has 3 rings (SSSR count). The standard InChI is InChI=1S/C26H35NO2S/c1-3-5-6-7-13-26(28)29-25-12-8-10-21-20-22(14-15-24(21)25)27(17-4-2)18-16-23-11-9-19-30-23/h5-6,8-12,19,22H,3-4,7,13-18,20H2,1-2H3/b6-5+. The molecule has 2 aromatic rings. The molecule has 1 atom stereocenters. The number of benzene rings is 1. The van der Waals surface area contributed by atoms with Crippen molar-refractivity contribution in [2.45, 2.75) is 71.3 Å². The SMILES string of the molecule is CC/C=C/CCC(=O)Oc1cccc2c1CCC(N(CCC)CCc1cccs1)C2. The summed E-state index contributed by atoms with van der Waals surface area (Å²) in [6.45, 7) is 6.63. The molecule has 1 aromatic heterocycles. The van der Waals surface area contributed by atoms with Gasteiger partial charge in [0.05, 0.1) is 0 Å². The minimum atomic E-state index is -0.130. The maximum atomic E-state index is 12.3. The van der Waals surface area contributed by atoms with Crippen LogP contribution in [0, 0.1) is 0 Å². The van der Waals surface area contributed by atoms with Crippen molar-refractivity contribution < 1.29 is 9.53 Å². The molecule has 0 radical (unpaired) electrons. The first-order valence-electron chi connectivity index (χ1n) is 11.4. The highest BCUT2D eigenvalue weighted by Crippen LogP contribution is 2.32. The van der Waals surface area contributed by atoms with E-state index in [9.17, 15) is 4.79 Å². The number of rotatable bonds is 11. The average molecular weight is 426 g/mol. The monoisotopic (exact) mass is 425 g/mol. The first-order valence-corrected chi connectivity index (χ1v) is 12.3. The Balaban J connectivity index is 1.61. The molecule has 4 heteroatoms. The molecule has 0 saturated carbocycles. The van der Waals surface area contributed by atoms with Crippen LogP contribution < -0.4 is 4.74 Å². The van der Waals surface area contributed by atoms with Gasteiger partial charge in [-0.25, -0.2) is 0 Å². The molecule has 0 aliphatic heterocycles. The largest absolute Gasteiger partial charge is 0.426 e. The summed E-state index contributed by atoms with van der Waals surface area (Å²) in [6.07, 6.45) is 11.8. The Morgan fingerprint density at radius 1 is 1.20 bits per heavy atom. The summed E-state index contributed by atoms with van der Waals surface area (Å²) < 4.78 is 5.75. The van der Waals surface area contributed by atoms with E-state index in [1.807, 2.05) is 23.5 Å². The Morgan fingerprint density at radius 2 is 2.10 bits per heavy atom. The predicted octanol–water partition coefficient (Wildman–Crippen LogP) is 6.21. The van der Waals surface area contributed by atoms with E-state index >= 15 is 0 Å². The zero-order chi connectivity index (χ0) is 21.2. The van der Waals surface area contributed by atoms with Gasteiger partial charge in [-0.05, 0) is 80.1 Å². The molecule has 0 saturated heterocycles.